The second-order valence-electron chi connectivity index (χ2n) is 9.97. The second-order valence-corrected chi connectivity index (χ2v) is 10.9. The molecule has 0 spiro atoms. The van der Waals surface area contributed by atoms with E-state index in [1.807, 2.05) is 4.90 Å². The Bertz CT molecular complexity index is 1460. The fourth-order valence-corrected chi connectivity index (χ4v) is 6.18. The summed E-state index contributed by atoms with van der Waals surface area (Å²) in [5.74, 6) is -2.43. The number of piperazine rings is 1. The van der Waals surface area contributed by atoms with Crippen molar-refractivity contribution < 1.29 is 37.8 Å². The number of benzene rings is 2. The monoisotopic (exact) mass is 588 g/mol. The molecule has 41 heavy (non-hydrogen) atoms. The van der Waals surface area contributed by atoms with Crippen LogP contribution in [0.4, 0.5) is 18.9 Å². The number of carboxylic acids is 1. The summed E-state index contributed by atoms with van der Waals surface area (Å²) in [6.07, 6.45) is -3.28. The van der Waals surface area contributed by atoms with Crippen molar-refractivity contribution in [2.45, 2.75) is 24.9 Å². The summed E-state index contributed by atoms with van der Waals surface area (Å²) in [7, 11) is 0. The molecule has 5 rings (SSSR count). The molecule has 0 aliphatic carbocycles. The molecule has 9 nitrogen and oxygen atoms in total. The van der Waals surface area contributed by atoms with E-state index in [2.05, 4.69) is 4.98 Å². The van der Waals surface area contributed by atoms with Crippen LogP contribution in [0.5, 0.6) is 5.75 Å². The number of carbonyl (C=O) groups is 3. The zero-order valence-electron chi connectivity index (χ0n) is 21.8. The van der Waals surface area contributed by atoms with Crippen LogP contribution < -0.4 is 4.90 Å². The van der Waals surface area contributed by atoms with Gasteiger partial charge in [0.2, 0.25) is 0 Å². The summed E-state index contributed by atoms with van der Waals surface area (Å²) in [6.45, 7) is 2.20. The second kappa shape index (κ2) is 11.4. The van der Waals surface area contributed by atoms with E-state index >= 15 is 0 Å². The minimum atomic E-state index is -4.42. The number of anilines is 1. The summed E-state index contributed by atoms with van der Waals surface area (Å²) in [6, 6.07) is 9.11. The minimum Gasteiger partial charge on any atom is -0.507 e. The number of amides is 2. The number of carboxylic acid groups (broad SMARTS) is 1. The number of aromatic nitrogens is 1. The number of phenolic OH excluding ortho intramolecular Hbond substituents is 1. The molecule has 0 unspecified atom stereocenters. The first kappa shape index (κ1) is 28.4. The van der Waals surface area contributed by atoms with Crippen LogP contribution in [0.3, 0.4) is 0 Å². The van der Waals surface area contributed by atoms with E-state index in [1.165, 1.54) is 40.5 Å². The van der Waals surface area contributed by atoms with Crippen LogP contribution in [-0.4, -0.2) is 82.0 Å². The summed E-state index contributed by atoms with van der Waals surface area (Å²) in [5.41, 5.74) is -0.405. The highest BCUT2D eigenvalue weighted by atomic mass is 32.1. The van der Waals surface area contributed by atoms with Gasteiger partial charge in [-0.2, -0.15) is 13.2 Å². The van der Waals surface area contributed by atoms with Gasteiger partial charge in [-0.3, -0.25) is 9.59 Å². The lowest BCUT2D eigenvalue weighted by atomic mass is 9.96. The van der Waals surface area contributed by atoms with Crippen molar-refractivity contribution in [2.24, 2.45) is 0 Å². The number of halogens is 3. The van der Waals surface area contributed by atoms with Gasteiger partial charge >= 0.3 is 12.1 Å². The van der Waals surface area contributed by atoms with E-state index in [1.54, 1.807) is 16.3 Å². The number of rotatable bonds is 5. The molecule has 2 amide bonds. The SMILES string of the molecule is O=C(O)c1cccc(O)c1C(=O)N1CCC(c2nc(C(=O)N3CCN(c4cccc(C(F)(F)F)c4)CC3)cs2)CC1. The average molecular weight is 589 g/mol. The Balaban J connectivity index is 1.17. The van der Waals surface area contributed by atoms with Crippen LogP contribution in [0.25, 0.3) is 0 Å². The number of alkyl halides is 3. The smallest absolute Gasteiger partial charge is 0.416 e. The van der Waals surface area contributed by atoms with E-state index in [-0.39, 0.29) is 28.7 Å². The van der Waals surface area contributed by atoms with Gasteiger partial charge in [-0.05, 0) is 43.2 Å². The number of nitrogens with zero attached hydrogens (tertiary/aromatic N) is 4. The van der Waals surface area contributed by atoms with Gasteiger partial charge in [-0.25, -0.2) is 9.78 Å². The molecule has 2 saturated heterocycles. The molecule has 0 bridgehead atoms. The molecule has 2 N–H and O–H groups in total. The van der Waals surface area contributed by atoms with Crippen LogP contribution in [0, 0.1) is 0 Å². The maximum Gasteiger partial charge on any atom is 0.416 e. The predicted octanol–water partition coefficient (Wildman–Crippen LogP) is 4.55. The first-order valence-electron chi connectivity index (χ1n) is 13.0. The maximum absolute atomic E-state index is 13.1. The standard InChI is InChI=1S/C28H27F3N4O5S/c29-28(30,31)18-3-1-4-19(15-18)33-11-13-35(14-12-33)25(37)21-16-41-24(32-21)17-7-9-34(10-8-17)26(38)23-20(27(39)40)5-2-6-22(23)36/h1-6,15-17,36H,7-14H2,(H,39,40). The Labute approximate surface area is 237 Å². The molecule has 13 heteroatoms. The summed E-state index contributed by atoms with van der Waals surface area (Å²) in [4.78, 5) is 47.2. The number of aromatic hydroxyl groups is 1. The van der Waals surface area contributed by atoms with Crippen molar-refractivity contribution in [1.29, 1.82) is 0 Å². The number of hydrogen-bond acceptors (Lipinski definition) is 7. The predicted molar refractivity (Wildman–Crippen MR) is 145 cm³/mol. The van der Waals surface area contributed by atoms with Crippen LogP contribution in [0.15, 0.2) is 47.8 Å². The van der Waals surface area contributed by atoms with Crippen LogP contribution >= 0.6 is 11.3 Å². The highest BCUT2D eigenvalue weighted by Crippen LogP contribution is 2.34. The zero-order valence-corrected chi connectivity index (χ0v) is 22.6. The Morgan fingerprint density at radius 2 is 1.56 bits per heavy atom. The topological polar surface area (TPSA) is 114 Å². The minimum absolute atomic E-state index is 0.0201. The van der Waals surface area contributed by atoms with E-state index in [0.29, 0.717) is 63.5 Å². The van der Waals surface area contributed by atoms with Crippen molar-refractivity contribution in [2.75, 3.05) is 44.2 Å². The molecule has 0 saturated carbocycles. The third-order valence-corrected chi connectivity index (χ3v) is 8.47. The number of likely N-dealkylation sites (tertiary alicyclic amines) is 1. The number of hydrogen-bond donors (Lipinski definition) is 2. The Hall–Kier alpha value is -4.13. The number of carbonyl (C=O) groups excluding carboxylic acids is 2. The molecule has 2 aliphatic heterocycles. The zero-order chi connectivity index (χ0) is 29.3. The number of thiazole rings is 1. The highest BCUT2D eigenvalue weighted by molar-refractivity contribution is 7.09. The number of piperidine rings is 1. The van der Waals surface area contributed by atoms with E-state index in [0.717, 1.165) is 17.1 Å². The Kier molecular flexibility index (Phi) is 7.89. The average Bonchev–Trinajstić information content (AvgIpc) is 3.46. The van der Waals surface area contributed by atoms with Crippen molar-refractivity contribution >= 4 is 34.8 Å². The molecule has 0 atom stereocenters. The van der Waals surface area contributed by atoms with Gasteiger partial charge in [-0.1, -0.05) is 12.1 Å². The van der Waals surface area contributed by atoms with Crippen LogP contribution in [0.1, 0.15) is 60.5 Å². The van der Waals surface area contributed by atoms with Gasteiger partial charge in [0.1, 0.15) is 11.4 Å². The fraction of sp³-hybridized carbons (Fsp3) is 0.357. The van der Waals surface area contributed by atoms with E-state index < -0.39 is 23.6 Å². The van der Waals surface area contributed by atoms with Crippen molar-refractivity contribution in [3.05, 3.63) is 75.2 Å². The van der Waals surface area contributed by atoms with Gasteiger partial charge in [0.15, 0.2) is 0 Å². The summed E-state index contributed by atoms with van der Waals surface area (Å²) in [5, 5.41) is 22.0. The molecule has 1 aromatic heterocycles. The normalized spacial score (nSPS) is 16.6. The van der Waals surface area contributed by atoms with Gasteiger partial charge < -0.3 is 24.9 Å². The van der Waals surface area contributed by atoms with Crippen LogP contribution in [0.2, 0.25) is 0 Å². The van der Waals surface area contributed by atoms with Gasteiger partial charge in [0, 0.05) is 56.3 Å². The number of phenols is 1. The third kappa shape index (κ3) is 5.99. The van der Waals surface area contributed by atoms with Crippen molar-refractivity contribution in [3.8, 4) is 5.75 Å². The lowest BCUT2D eigenvalue weighted by Crippen LogP contribution is -2.49. The van der Waals surface area contributed by atoms with Crippen molar-refractivity contribution in [1.82, 2.24) is 14.8 Å². The molecule has 3 aromatic rings. The highest BCUT2D eigenvalue weighted by Gasteiger charge is 2.33. The van der Waals surface area contributed by atoms with Crippen molar-refractivity contribution in [3.63, 3.8) is 0 Å². The lowest BCUT2D eigenvalue weighted by Gasteiger charge is -2.36. The van der Waals surface area contributed by atoms with E-state index in [4.69, 9.17) is 0 Å². The summed E-state index contributed by atoms with van der Waals surface area (Å²) >= 11 is 1.37. The third-order valence-electron chi connectivity index (χ3n) is 7.46. The maximum atomic E-state index is 13.1. The van der Waals surface area contributed by atoms with Gasteiger partial charge in [-0.15, -0.1) is 11.3 Å². The first-order valence-corrected chi connectivity index (χ1v) is 13.9. The fourth-order valence-electron chi connectivity index (χ4n) is 5.21. The molecule has 0 radical (unpaired) electrons. The van der Waals surface area contributed by atoms with Crippen LogP contribution in [-0.2, 0) is 6.18 Å². The Morgan fingerprint density at radius 1 is 0.902 bits per heavy atom. The Morgan fingerprint density at radius 3 is 2.22 bits per heavy atom. The number of aromatic carboxylic acids is 1. The molecule has 2 fully saturated rings. The molecule has 2 aromatic carbocycles. The lowest BCUT2D eigenvalue weighted by molar-refractivity contribution is -0.137. The quantitative estimate of drug-likeness (QED) is 0.450. The molecule has 2 aliphatic rings. The summed E-state index contributed by atoms with van der Waals surface area (Å²) < 4.78 is 39.3. The molecular formula is C28H27F3N4O5S. The largest absolute Gasteiger partial charge is 0.507 e. The molecule has 3 heterocycles. The first-order chi connectivity index (χ1) is 19.5. The van der Waals surface area contributed by atoms with Gasteiger partial charge in [0.25, 0.3) is 11.8 Å². The van der Waals surface area contributed by atoms with Gasteiger partial charge in [0.05, 0.1) is 21.7 Å². The molecular weight excluding hydrogens is 561 g/mol. The van der Waals surface area contributed by atoms with E-state index in [9.17, 15) is 37.8 Å². The molecule has 216 valence electrons.